The highest BCUT2D eigenvalue weighted by atomic mass is 79.9. The van der Waals surface area contributed by atoms with Crippen LogP contribution in [0, 0.1) is 5.92 Å². The van der Waals surface area contributed by atoms with Crippen LogP contribution in [0.3, 0.4) is 0 Å². The first-order chi connectivity index (χ1) is 9.29. The van der Waals surface area contributed by atoms with Gasteiger partial charge in [-0.25, -0.2) is 0 Å². The lowest BCUT2D eigenvalue weighted by Crippen LogP contribution is -2.36. The number of anilines is 1. The number of ketones is 1. The van der Waals surface area contributed by atoms with Crippen LogP contribution in [0.5, 0.6) is 0 Å². The lowest BCUT2D eigenvalue weighted by atomic mass is 9.92. The molecule has 0 amide bonds. The second-order valence-corrected chi connectivity index (χ2v) is 5.95. The minimum Gasteiger partial charge on any atom is -0.371 e. The number of alkyl halides is 3. The van der Waals surface area contributed by atoms with E-state index in [9.17, 15) is 18.0 Å². The quantitative estimate of drug-likeness (QED) is 0.794. The summed E-state index contributed by atoms with van der Waals surface area (Å²) in [7, 11) is 0. The van der Waals surface area contributed by atoms with Gasteiger partial charge in [-0.3, -0.25) is 4.79 Å². The van der Waals surface area contributed by atoms with E-state index in [1.807, 2.05) is 0 Å². The summed E-state index contributed by atoms with van der Waals surface area (Å²) in [6.45, 7) is 2.50. The van der Waals surface area contributed by atoms with Crippen LogP contribution in [0.25, 0.3) is 0 Å². The minimum atomic E-state index is -4.38. The first kappa shape index (κ1) is 15.4. The first-order valence-electron chi connectivity index (χ1n) is 6.41. The van der Waals surface area contributed by atoms with E-state index in [0.717, 1.165) is 6.07 Å². The number of rotatable bonds is 2. The zero-order valence-electron chi connectivity index (χ0n) is 11.0. The molecule has 0 spiro atoms. The van der Waals surface area contributed by atoms with E-state index in [1.165, 1.54) is 6.07 Å². The van der Waals surface area contributed by atoms with E-state index in [2.05, 4.69) is 15.9 Å². The van der Waals surface area contributed by atoms with Gasteiger partial charge in [0.15, 0.2) is 0 Å². The molecule has 0 unspecified atom stereocenters. The van der Waals surface area contributed by atoms with Gasteiger partial charge in [0.05, 0.1) is 5.56 Å². The Balaban J connectivity index is 2.24. The second-order valence-electron chi connectivity index (χ2n) is 5.03. The summed E-state index contributed by atoms with van der Waals surface area (Å²) in [5, 5.41) is 0. The van der Waals surface area contributed by atoms with Crippen molar-refractivity contribution in [3.05, 3.63) is 28.2 Å². The standard InChI is InChI=1S/C14H15BrF3NO/c1-9(20)10-4-6-19(7-5-10)13-3-2-11(15)8-12(13)14(16,17)18/h2-3,8,10H,4-7H2,1H3. The van der Waals surface area contributed by atoms with Crippen LogP contribution in [0.15, 0.2) is 22.7 Å². The van der Waals surface area contributed by atoms with Gasteiger partial charge in [-0.2, -0.15) is 13.2 Å². The van der Waals surface area contributed by atoms with Gasteiger partial charge >= 0.3 is 6.18 Å². The van der Waals surface area contributed by atoms with E-state index in [4.69, 9.17) is 0 Å². The molecule has 0 N–H and O–H groups in total. The first-order valence-corrected chi connectivity index (χ1v) is 7.20. The van der Waals surface area contributed by atoms with Crippen LogP contribution in [0.2, 0.25) is 0 Å². The Hall–Kier alpha value is -1.04. The van der Waals surface area contributed by atoms with Gasteiger partial charge in [-0.1, -0.05) is 15.9 Å². The molecule has 6 heteroatoms. The van der Waals surface area contributed by atoms with E-state index >= 15 is 0 Å². The summed E-state index contributed by atoms with van der Waals surface area (Å²) in [6, 6.07) is 4.20. The molecule has 1 aromatic rings. The van der Waals surface area contributed by atoms with Crippen molar-refractivity contribution >= 4 is 27.4 Å². The number of carbonyl (C=O) groups is 1. The molecule has 0 atom stereocenters. The molecule has 2 nitrogen and oxygen atoms in total. The van der Waals surface area contributed by atoms with Crippen LogP contribution in [-0.2, 0) is 11.0 Å². The Bertz CT molecular complexity index is 508. The molecule has 0 aromatic heterocycles. The maximum Gasteiger partial charge on any atom is 0.418 e. The average Bonchev–Trinajstić information content (AvgIpc) is 2.38. The van der Waals surface area contributed by atoms with Gasteiger partial charge in [0, 0.05) is 29.2 Å². The summed E-state index contributed by atoms with van der Waals surface area (Å²) in [5.74, 6) is 0.104. The molecule has 0 bridgehead atoms. The third-order valence-electron chi connectivity index (χ3n) is 3.67. The lowest BCUT2D eigenvalue weighted by Gasteiger charge is -2.34. The smallest absolute Gasteiger partial charge is 0.371 e. The normalized spacial score (nSPS) is 17.4. The Morgan fingerprint density at radius 3 is 2.40 bits per heavy atom. The van der Waals surface area contributed by atoms with Crippen molar-refractivity contribution in [3.63, 3.8) is 0 Å². The van der Waals surface area contributed by atoms with E-state index in [1.54, 1.807) is 17.9 Å². The van der Waals surface area contributed by atoms with Crippen LogP contribution in [0.1, 0.15) is 25.3 Å². The highest BCUT2D eigenvalue weighted by molar-refractivity contribution is 9.10. The molecule has 1 saturated heterocycles. The fourth-order valence-corrected chi connectivity index (χ4v) is 2.90. The molecule has 0 aliphatic carbocycles. The Morgan fingerprint density at radius 2 is 1.90 bits per heavy atom. The highest BCUT2D eigenvalue weighted by Gasteiger charge is 2.36. The molecule has 1 fully saturated rings. The summed E-state index contributed by atoms with van der Waals surface area (Å²) in [6.07, 6.45) is -3.15. The fraction of sp³-hybridized carbons (Fsp3) is 0.500. The van der Waals surface area contributed by atoms with Crippen molar-refractivity contribution in [2.75, 3.05) is 18.0 Å². The third-order valence-corrected chi connectivity index (χ3v) is 4.17. The van der Waals surface area contributed by atoms with Gasteiger partial charge in [0.25, 0.3) is 0 Å². The topological polar surface area (TPSA) is 20.3 Å². The van der Waals surface area contributed by atoms with Crippen molar-refractivity contribution in [2.45, 2.75) is 25.9 Å². The third kappa shape index (κ3) is 3.34. The number of Topliss-reactive ketones (excluding diaryl/α,β-unsaturated/α-hetero) is 1. The number of hydrogen-bond acceptors (Lipinski definition) is 2. The molecule has 2 rings (SSSR count). The zero-order chi connectivity index (χ0) is 14.9. The number of hydrogen-bond donors (Lipinski definition) is 0. The van der Waals surface area contributed by atoms with Crippen molar-refractivity contribution < 1.29 is 18.0 Å². The molecular formula is C14H15BrF3NO. The zero-order valence-corrected chi connectivity index (χ0v) is 12.6. The Kier molecular flexibility index (Phi) is 4.42. The van der Waals surface area contributed by atoms with Crippen molar-refractivity contribution in [2.24, 2.45) is 5.92 Å². The summed E-state index contributed by atoms with van der Waals surface area (Å²) >= 11 is 3.08. The molecule has 1 aromatic carbocycles. The number of halogens is 4. The van der Waals surface area contributed by atoms with Gasteiger partial charge in [-0.15, -0.1) is 0 Å². The van der Waals surface area contributed by atoms with Crippen LogP contribution in [-0.4, -0.2) is 18.9 Å². The molecule has 1 aliphatic rings. The SMILES string of the molecule is CC(=O)C1CCN(c2ccc(Br)cc2C(F)(F)F)CC1. The predicted octanol–water partition coefficient (Wildman–Crippen LogP) is 4.27. The average molecular weight is 350 g/mol. The summed E-state index contributed by atoms with van der Waals surface area (Å²) in [4.78, 5) is 13.0. The Labute approximate surface area is 124 Å². The van der Waals surface area contributed by atoms with E-state index in [-0.39, 0.29) is 17.4 Å². The molecule has 1 aliphatic heterocycles. The summed E-state index contributed by atoms with van der Waals surface area (Å²) in [5.41, 5.74) is -0.434. The number of carbonyl (C=O) groups excluding carboxylic acids is 1. The molecular weight excluding hydrogens is 335 g/mol. The van der Waals surface area contributed by atoms with Gasteiger partial charge in [0.2, 0.25) is 0 Å². The molecule has 110 valence electrons. The predicted molar refractivity (Wildman–Crippen MR) is 74.8 cm³/mol. The van der Waals surface area contributed by atoms with Crippen molar-refractivity contribution in [1.29, 1.82) is 0 Å². The molecule has 1 heterocycles. The second kappa shape index (κ2) is 5.76. The van der Waals surface area contributed by atoms with Crippen molar-refractivity contribution in [1.82, 2.24) is 0 Å². The fourth-order valence-electron chi connectivity index (χ4n) is 2.54. The number of piperidine rings is 1. The highest BCUT2D eigenvalue weighted by Crippen LogP contribution is 2.39. The minimum absolute atomic E-state index is 0.0176. The monoisotopic (exact) mass is 349 g/mol. The summed E-state index contributed by atoms with van der Waals surface area (Å²) < 4.78 is 39.7. The van der Waals surface area contributed by atoms with Crippen LogP contribution < -0.4 is 4.90 Å². The molecule has 20 heavy (non-hydrogen) atoms. The maximum atomic E-state index is 13.1. The number of benzene rings is 1. The number of nitrogens with zero attached hydrogens (tertiary/aromatic N) is 1. The van der Waals surface area contributed by atoms with Crippen LogP contribution >= 0.6 is 15.9 Å². The molecule has 0 radical (unpaired) electrons. The van der Waals surface area contributed by atoms with Gasteiger partial charge in [0.1, 0.15) is 5.78 Å². The van der Waals surface area contributed by atoms with E-state index < -0.39 is 11.7 Å². The Morgan fingerprint density at radius 1 is 1.30 bits per heavy atom. The lowest BCUT2D eigenvalue weighted by molar-refractivity contribution is -0.137. The van der Waals surface area contributed by atoms with Crippen LogP contribution in [0.4, 0.5) is 18.9 Å². The van der Waals surface area contributed by atoms with E-state index in [0.29, 0.717) is 30.4 Å². The molecule has 0 saturated carbocycles. The van der Waals surface area contributed by atoms with Crippen molar-refractivity contribution in [3.8, 4) is 0 Å². The largest absolute Gasteiger partial charge is 0.418 e. The van der Waals surface area contributed by atoms with Gasteiger partial charge < -0.3 is 4.90 Å². The van der Waals surface area contributed by atoms with Gasteiger partial charge in [-0.05, 0) is 38.0 Å². The maximum absolute atomic E-state index is 13.1.